The fourth-order valence-electron chi connectivity index (χ4n) is 1.96. The number of nitrogens with two attached hydrogens (primary N) is 1. The Morgan fingerprint density at radius 2 is 1.85 bits per heavy atom. The van der Waals surface area contributed by atoms with E-state index in [9.17, 15) is 0 Å². The average Bonchev–Trinajstić information content (AvgIpc) is 2.75. The predicted molar refractivity (Wildman–Crippen MR) is 87.0 cm³/mol. The highest BCUT2D eigenvalue weighted by molar-refractivity contribution is 9.11. The topological polar surface area (TPSA) is 53.1 Å². The normalized spacial score (nSPS) is 10.9. The second kappa shape index (κ2) is 5.10. The standard InChI is InChI=1S/C14H11Br2N3O/c1-19-7-18-12-3-2-9(6-13(12)19)20-14-10(15)4-8(17)5-11(14)16/h2-7H,17H2,1H3. The minimum Gasteiger partial charge on any atom is -0.455 e. The number of ether oxygens (including phenoxy) is 1. The van der Waals surface area contributed by atoms with Crippen LogP contribution in [0.2, 0.25) is 0 Å². The van der Waals surface area contributed by atoms with Gasteiger partial charge in [-0.2, -0.15) is 0 Å². The summed E-state index contributed by atoms with van der Waals surface area (Å²) in [5.41, 5.74) is 8.40. The van der Waals surface area contributed by atoms with Crippen LogP contribution in [-0.4, -0.2) is 9.55 Å². The van der Waals surface area contributed by atoms with E-state index in [-0.39, 0.29) is 0 Å². The van der Waals surface area contributed by atoms with E-state index in [1.165, 1.54) is 0 Å². The first-order chi connectivity index (χ1) is 9.54. The van der Waals surface area contributed by atoms with Gasteiger partial charge in [0.2, 0.25) is 0 Å². The maximum absolute atomic E-state index is 5.94. The Morgan fingerprint density at radius 3 is 2.55 bits per heavy atom. The molecule has 0 spiro atoms. The summed E-state index contributed by atoms with van der Waals surface area (Å²) in [5, 5.41) is 0. The smallest absolute Gasteiger partial charge is 0.155 e. The van der Waals surface area contributed by atoms with Gasteiger partial charge in [0.25, 0.3) is 0 Å². The van der Waals surface area contributed by atoms with Crippen molar-refractivity contribution in [2.24, 2.45) is 7.05 Å². The van der Waals surface area contributed by atoms with Gasteiger partial charge in [-0.1, -0.05) is 0 Å². The first-order valence-electron chi connectivity index (χ1n) is 5.88. The van der Waals surface area contributed by atoms with Crippen LogP contribution in [0.4, 0.5) is 5.69 Å². The van der Waals surface area contributed by atoms with Crippen molar-refractivity contribution >= 4 is 48.6 Å². The third kappa shape index (κ3) is 2.41. The summed E-state index contributed by atoms with van der Waals surface area (Å²) in [7, 11) is 1.95. The van der Waals surface area contributed by atoms with Crippen molar-refractivity contribution in [2.75, 3.05) is 5.73 Å². The molecule has 0 saturated carbocycles. The summed E-state index contributed by atoms with van der Waals surface area (Å²) < 4.78 is 9.49. The average molecular weight is 397 g/mol. The molecule has 0 unspecified atom stereocenters. The maximum atomic E-state index is 5.94. The number of aryl methyl sites for hydroxylation is 1. The maximum Gasteiger partial charge on any atom is 0.155 e. The van der Waals surface area contributed by atoms with Crippen LogP contribution in [0.15, 0.2) is 45.6 Å². The molecule has 3 rings (SSSR count). The second-order valence-corrected chi connectivity index (χ2v) is 6.13. The van der Waals surface area contributed by atoms with Gasteiger partial charge < -0.3 is 15.0 Å². The summed E-state index contributed by atoms with van der Waals surface area (Å²) in [6.45, 7) is 0. The first-order valence-corrected chi connectivity index (χ1v) is 7.46. The molecule has 20 heavy (non-hydrogen) atoms. The lowest BCUT2D eigenvalue weighted by atomic mass is 10.3. The molecule has 2 aromatic carbocycles. The zero-order valence-electron chi connectivity index (χ0n) is 10.6. The number of hydrogen-bond acceptors (Lipinski definition) is 3. The number of benzene rings is 2. The Balaban J connectivity index is 2.03. The number of aromatic nitrogens is 2. The SMILES string of the molecule is Cn1cnc2ccc(Oc3c(Br)cc(N)cc3Br)cc21. The van der Waals surface area contributed by atoms with Gasteiger partial charge in [-0.25, -0.2) is 4.98 Å². The largest absolute Gasteiger partial charge is 0.455 e. The minimum absolute atomic E-state index is 0.665. The van der Waals surface area contributed by atoms with Crippen molar-refractivity contribution in [3.8, 4) is 11.5 Å². The van der Waals surface area contributed by atoms with Gasteiger partial charge in [0.15, 0.2) is 5.75 Å². The molecule has 102 valence electrons. The monoisotopic (exact) mass is 395 g/mol. The van der Waals surface area contributed by atoms with E-state index >= 15 is 0 Å². The van der Waals surface area contributed by atoms with Gasteiger partial charge >= 0.3 is 0 Å². The number of fused-ring (bicyclic) bond motifs is 1. The highest BCUT2D eigenvalue weighted by Gasteiger charge is 2.10. The van der Waals surface area contributed by atoms with Crippen LogP contribution in [0.1, 0.15) is 0 Å². The van der Waals surface area contributed by atoms with Crippen molar-refractivity contribution in [1.29, 1.82) is 0 Å². The molecular formula is C14H11Br2N3O. The van der Waals surface area contributed by atoms with Crippen LogP contribution in [0.25, 0.3) is 11.0 Å². The van der Waals surface area contributed by atoms with E-state index in [2.05, 4.69) is 36.8 Å². The van der Waals surface area contributed by atoms with Crippen LogP contribution in [0, 0.1) is 0 Å². The Kier molecular flexibility index (Phi) is 3.43. The fraction of sp³-hybridized carbons (Fsp3) is 0.0714. The van der Waals surface area contributed by atoms with E-state index < -0.39 is 0 Å². The van der Waals surface area contributed by atoms with E-state index in [1.54, 1.807) is 6.33 Å². The lowest BCUT2D eigenvalue weighted by Crippen LogP contribution is -1.91. The van der Waals surface area contributed by atoms with Crippen LogP contribution < -0.4 is 10.5 Å². The van der Waals surface area contributed by atoms with Gasteiger partial charge in [0.05, 0.1) is 26.3 Å². The molecule has 2 N–H and O–H groups in total. The van der Waals surface area contributed by atoms with E-state index in [0.29, 0.717) is 11.4 Å². The molecule has 0 radical (unpaired) electrons. The second-order valence-electron chi connectivity index (χ2n) is 4.42. The molecule has 0 aliphatic heterocycles. The van der Waals surface area contributed by atoms with Gasteiger partial charge in [0.1, 0.15) is 5.75 Å². The van der Waals surface area contributed by atoms with Crippen molar-refractivity contribution < 1.29 is 4.74 Å². The molecule has 3 aromatic rings. The molecule has 4 nitrogen and oxygen atoms in total. The highest BCUT2D eigenvalue weighted by Crippen LogP contribution is 2.38. The van der Waals surface area contributed by atoms with Gasteiger partial charge in [-0.3, -0.25) is 0 Å². The summed E-state index contributed by atoms with van der Waals surface area (Å²) >= 11 is 6.92. The van der Waals surface area contributed by atoms with Crippen molar-refractivity contribution in [1.82, 2.24) is 9.55 Å². The predicted octanol–water partition coefficient (Wildman–Crippen LogP) is 4.47. The summed E-state index contributed by atoms with van der Waals surface area (Å²) in [6.07, 6.45) is 1.78. The quantitative estimate of drug-likeness (QED) is 0.650. The molecule has 0 bridgehead atoms. The Hall–Kier alpha value is -1.53. The van der Waals surface area contributed by atoms with Crippen LogP contribution in [-0.2, 0) is 7.05 Å². The molecule has 0 amide bonds. The van der Waals surface area contributed by atoms with Gasteiger partial charge in [0, 0.05) is 18.8 Å². The number of hydrogen-bond donors (Lipinski definition) is 1. The molecule has 0 saturated heterocycles. The summed E-state index contributed by atoms with van der Waals surface area (Å²) in [5.74, 6) is 1.44. The van der Waals surface area contributed by atoms with E-state index in [4.69, 9.17) is 10.5 Å². The number of anilines is 1. The van der Waals surface area contributed by atoms with Crippen molar-refractivity contribution in [3.63, 3.8) is 0 Å². The molecular weight excluding hydrogens is 386 g/mol. The molecule has 6 heteroatoms. The highest BCUT2D eigenvalue weighted by atomic mass is 79.9. The van der Waals surface area contributed by atoms with Crippen molar-refractivity contribution in [3.05, 3.63) is 45.6 Å². The molecule has 0 fully saturated rings. The summed E-state index contributed by atoms with van der Waals surface area (Å²) in [6, 6.07) is 9.40. The van der Waals surface area contributed by atoms with Gasteiger partial charge in [-0.15, -0.1) is 0 Å². The minimum atomic E-state index is 0.665. The third-order valence-electron chi connectivity index (χ3n) is 2.94. The van der Waals surface area contributed by atoms with Crippen LogP contribution in [0.3, 0.4) is 0 Å². The van der Waals surface area contributed by atoms with Crippen LogP contribution >= 0.6 is 31.9 Å². The molecule has 0 atom stereocenters. The number of nitrogen functional groups attached to an aromatic ring is 1. The van der Waals surface area contributed by atoms with Crippen molar-refractivity contribution in [2.45, 2.75) is 0 Å². The van der Waals surface area contributed by atoms with E-state index in [1.807, 2.05) is 41.9 Å². The zero-order valence-corrected chi connectivity index (χ0v) is 13.8. The molecule has 1 heterocycles. The number of imidazole rings is 1. The summed E-state index contributed by atoms with van der Waals surface area (Å²) in [4.78, 5) is 4.29. The lowest BCUT2D eigenvalue weighted by molar-refractivity contribution is 0.477. The van der Waals surface area contributed by atoms with Gasteiger partial charge in [-0.05, 0) is 56.1 Å². The molecule has 0 aliphatic carbocycles. The Morgan fingerprint density at radius 1 is 1.15 bits per heavy atom. The number of halogens is 2. The Labute approximate surface area is 132 Å². The lowest BCUT2D eigenvalue weighted by Gasteiger charge is -2.11. The zero-order chi connectivity index (χ0) is 14.3. The number of rotatable bonds is 2. The van der Waals surface area contributed by atoms with E-state index in [0.717, 1.165) is 25.7 Å². The number of nitrogens with zero attached hydrogens (tertiary/aromatic N) is 2. The fourth-order valence-corrected chi connectivity index (χ4v) is 3.35. The molecule has 0 aliphatic rings. The third-order valence-corrected chi connectivity index (χ3v) is 4.12. The Bertz CT molecular complexity index is 775. The first kappa shape index (κ1) is 13.5. The van der Waals surface area contributed by atoms with Crippen LogP contribution in [0.5, 0.6) is 11.5 Å². The molecule has 1 aromatic heterocycles.